The topological polar surface area (TPSA) is 60.9 Å². The molecule has 0 aromatic rings. The number of carboxylic acids is 1. The number of hydrogen-bond donors (Lipinski definition) is 1. The molecule has 0 aliphatic carbocycles. The van der Waals surface area contributed by atoms with E-state index < -0.39 is 5.97 Å². The number of carbonyl (C=O) groups excluding carboxylic acids is 1. The lowest BCUT2D eigenvalue weighted by molar-refractivity contribution is -0.137. The maximum Gasteiger partial charge on any atom is 0.323 e. The second-order valence-corrected chi connectivity index (χ2v) is 2.70. The van der Waals surface area contributed by atoms with Gasteiger partial charge in [-0.3, -0.25) is 4.79 Å². The SMILES string of the molecule is CCN(C)C(=O)N(CC)CC(=O)O. The van der Waals surface area contributed by atoms with E-state index in [0.717, 1.165) is 0 Å². The summed E-state index contributed by atoms with van der Waals surface area (Å²) in [6, 6.07) is -0.243. The van der Waals surface area contributed by atoms with Gasteiger partial charge in [-0.05, 0) is 13.8 Å². The Balaban J connectivity index is 4.22. The minimum Gasteiger partial charge on any atom is -0.480 e. The molecule has 0 aromatic carbocycles. The first-order valence-electron chi connectivity index (χ1n) is 4.24. The molecule has 0 atom stereocenters. The Kier molecular flexibility index (Phi) is 4.87. The van der Waals surface area contributed by atoms with Crippen LogP contribution in [0.25, 0.3) is 0 Å². The minimum atomic E-state index is -0.986. The van der Waals surface area contributed by atoms with Crippen molar-refractivity contribution in [3.05, 3.63) is 0 Å². The molecule has 0 radical (unpaired) electrons. The van der Waals surface area contributed by atoms with Crippen LogP contribution >= 0.6 is 0 Å². The van der Waals surface area contributed by atoms with E-state index in [0.29, 0.717) is 13.1 Å². The van der Waals surface area contributed by atoms with Crippen LogP contribution in [0, 0.1) is 0 Å². The monoisotopic (exact) mass is 188 g/mol. The van der Waals surface area contributed by atoms with Crippen LogP contribution < -0.4 is 0 Å². The molecule has 0 fully saturated rings. The molecule has 1 N–H and O–H groups in total. The van der Waals surface area contributed by atoms with Crippen LogP contribution in [-0.4, -0.2) is 53.6 Å². The number of nitrogens with zero attached hydrogens (tertiary/aromatic N) is 2. The summed E-state index contributed by atoms with van der Waals surface area (Å²) in [4.78, 5) is 24.6. The van der Waals surface area contributed by atoms with Crippen molar-refractivity contribution < 1.29 is 14.7 Å². The van der Waals surface area contributed by atoms with E-state index in [-0.39, 0.29) is 12.6 Å². The average molecular weight is 188 g/mol. The van der Waals surface area contributed by atoms with Gasteiger partial charge < -0.3 is 14.9 Å². The molecule has 0 unspecified atom stereocenters. The van der Waals surface area contributed by atoms with Gasteiger partial charge in [0.25, 0.3) is 0 Å². The van der Waals surface area contributed by atoms with E-state index in [1.807, 2.05) is 6.92 Å². The fraction of sp³-hybridized carbons (Fsp3) is 0.750. The summed E-state index contributed by atoms with van der Waals surface area (Å²) in [6.07, 6.45) is 0. The van der Waals surface area contributed by atoms with Crippen molar-refractivity contribution in [1.82, 2.24) is 9.80 Å². The standard InChI is InChI=1S/C8H16N2O3/c1-4-9(3)8(13)10(5-2)6-7(11)12/h4-6H2,1-3H3,(H,11,12). The van der Waals surface area contributed by atoms with Gasteiger partial charge in [-0.1, -0.05) is 0 Å². The molecule has 0 rings (SSSR count). The Labute approximate surface area is 77.9 Å². The third kappa shape index (κ3) is 3.78. The van der Waals surface area contributed by atoms with Crippen molar-refractivity contribution in [3.8, 4) is 0 Å². The van der Waals surface area contributed by atoms with Crippen molar-refractivity contribution in [2.24, 2.45) is 0 Å². The second kappa shape index (κ2) is 5.40. The average Bonchev–Trinajstić information content (AvgIpc) is 2.11. The highest BCUT2D eigenvalue weighted by Gasteiger charge is 2.17. The molecular weight excluding hydrogens is 172 g/mol. The molecule has 0 saturated carbocycles. The molecule has 0 aliphatic heterocycles. The number of carboxylic acid groups (broad SMARTS) is 1. The van der Waals surface area contributed by atoms with Crippen LogP contribution in [0.3, 0.4) is 0 Å². The summed E-state index contributed by atoms with van der Waals surface area (Å²) < 4.78 is 0. The number of likely N-dealkylation sites (N-methyl/N-ethyl adjacent to an activating group) is 1. The van der Waals surface area contributed by atoms with E-state index in [1.165, 1.54) is 9.80 Å². The third-order valence-corrected chi connectivity index (χ3v) is 1.78. The number of hydrogen-bond acceptors (Lipinski definition) is 2. The van der Waals surface area contributed by atoms with Gasteiger partial charge >= 0.3 is 12.0 Å². The maximum atomic E-state index is 11.4. The van der Waals surface area contributed by atoms with E-state index >= 15 is 0 Å². The highest BCUT2D eigenvalue weighted by Crippen LogP contribution is 1.95. The van der Waals surface area contributed by atoms with Gasteiger partial charge in [0, 0.05) is 20.1 Å². The first kappa shape index (κ1) is 11.7. The normalized spacial score (nSPS) is 9.46. The quantitative estimate of drug-likeness (QED) is 0.697. The number of carbonyl (C=O) groups is 2. The first-order valence-corrected chi connectivity index (χ1v) is 4.24. The Bertz CT molecular complexity index is 194. The Hall–Kier alpha value is -1.26. The molecule has 13 heavy (non-hydrogen) atoms. The Morgan fingerprint density at radius 1 is 1.23 bits per heavy atom. The number of amides is 2. The summed E-state index contributed by atoms with van der Waals surface area (Å²) in [5.41, 5.74) is 0. The van der Waals surface area contributed by atoms with Crippen LogP contribution in [0.15, 0.2) is 0 Å². The van der Waals surface area contributed by atoms with E-state index in [1.54, 1.807) is 14.0 Å². The maximum absolute atomic E-state index is 11.4. The van der Waals surface area contributed by atoms with Gasteiger partial charge in [-0.15, -0.1) is 0 Å². The predicted molar refractivity (Wildman–Crippen MR) is 48.6 cm³/mol. The molecule has 0 aromatic heterocycles. The van der Waals surface area contributed by atoms with Crippen molar-refractivity contribution in [2.45, 2.75) is 13.8 Å². The van der Waals surface area contributed by atoms with Gasteiger partial charge in [-0.2, -0.15) is 0 Å². The van der Waals surface area contributed by atoms with Crippen LogP contribution in [0.4, 0.5) is 4.79 Å². The van der Waals surface area contributed by atoms with Crippen molar-refractivity contribution in [2.75, 3.05) is 26.7 Å². The summed E-state index contributed by atoms with van der Waals surface area (Å²) in [7, 11) is 1.65. The molecule has 0 spiro atoms. The molecule has 5 nitrogen and oxygen atoms in total. The summed E-state index contributed by atoms with van der Waals surface area (Å²) in [5, 5.41) is 8.51. The fourth-order valence-corrected chi connectivity index (χ4v) is 0.855. The lowest BCUT2D eigenvalue weighted by Crippen LogP contribution is -2.43. The van der Waals surface area contributed by atoms with Crippen molar-refractivity contribution in [3.63, 3.8) is 0 Å². The van der Waals surface area contributed by atoms with E-state index in [9.17, 15) is 9.59 Å². The molecule has 0 saturated heterocycles. The molecule has 2 amide bonds. The van der Waals surface area contributed by atoms with Crippen LogP contribution in [0.5, 0.6) is 0 Å². The van der Waals surface area contributed by atoms with Gasteiger partial charge in [0.2, 0.25) is 0 Å². The van der Waals surface area contributed by atoms with Crippen molar-refractivity contribution in [1.29, 1.82) is 0 Å². The summed E-state index contributed by atoms with van der Waals surface area (Å²) >= 11 is 0. The number of aliphatic carboxylic acids is 1. The van der Waals surface area contributed by atoms with Crippen LogP contribution in [0.2, 0.25) is 0 Å². The van der Waals surface area contributed by atoms with Crippen LogP contribution in [0.1, 0.15) is 13.8 Å². The highest BCUT2D eigenvalue weighted by atomic mass is 16.4. The second-order valence-electron chi connectivity index (χ2n) is 2.70. The third-order valence-electron chi connectivity index (χ3n) is 1.78. The van der Waals surface area contributed by atoms with E-state index in [2.05, 4.69) is 0 Å². The van der Waals surface area contributed by atoms with Gasteiger partial charge in [0.05, 0.1) is 0 Å². The van der Waals surface area contributed by atoms with Gasteiger partial charge in [-0.25, -0.2) is 4.79 Å². The number of rotatable bonds is 4. The zero-order valence-electron chi connectivity index (χ0n) is 8.28. The molecular formula is C8H16N2O3. The summed E-state index contributed by atoms with van der Waals surface area (Å²) in [6.45, 7) is 4.35. The predicted octanol–water partition coefficient (Wildman–Crippen LogP) is 0.465. The van der Waals surface area contributed by atoms with E-state index in [4.69, 9.17) is 5.11 Å². The molecule has 0 bridgehead atoms. The molecule has 5 heteroatoms. The lowest BCUT2D eigenvalue weighted by atomic mass is 10.5. The Morgan fingerprint density at radius 3 is 2.08 bits per heavy atom. The zero-order valence-corrected chi connectivity index (χ0v) is 8.28. The fourth-order valence-electron chi connectivity index (χ4n) is 0.855. The van der Waals surface area contributed by atoms with Gasteiger partial charge in [0.1, 0.15) is 6.54 Å². The number of urea groups is 1. The molecule has 0 aliphatic rings. The zero-order chi connectivity index (χ0) is 10.4. The molecule has 0 heterocycles. The van der Waals surface area contributed by atoms with Crippen LogP contribution in [-0.2, 0) is 4.79 Å². The molecule has 76 valence electrons. The van der Waals surface area contributed by atoms with Crippen molar-refractivity contribution >= 4 is 12.0 Å². The Morgan fingerprint density at radius 2 is 1.77 bits per heavy atom. The smallest absolute Gasteiger partial charge is 0.323 e. The highest BCUT2D eigenvalue weighted by molar-refractivity contribution is 5.79. The first-order chi connectivity index (χ1) is 6.02. The summed E-state index contributed by atoms with van der Waals surface area (Å²) in [5.74, 6) is -0.986. The minimum absolute atomic E-state index is 0.236. The largest absolute Gasteiger partial charge is 0.480 e. The van der Waals surface area contributed by atoms with Gasteiger partial charge in [0.15, 0.2) is 0 Å². The lowest BCUT2D eigenvalue weighted by Gasteiger charge is -2.24.